The molecule has 1 aliphatic heterocycles. The lowest BCUT2D eigenvalue weighted by Crippen LogP contribution is -2.53. The van der Waals surface area contributed by atoms with E-state index in [9.17, 15) is 9.59 Å². The van der Waals surface area contributed by atoms with Gasteiger partial charge in [0.2, 0.25) is 5.91 Å². The van der Waals surface area contributed by atoms with Crippen LogP contribution in [0.3, 0.4) is 0 Å². The highest BCUT2D eigenvalue weighted by atomic mass is 16.2. The molecule has 0 bridgehead atoms. The highest BCUT2D eigenvalue weighted by Crippen LogP contribution is 2.32. The van der Waals surface area contributed by atoms with Gasteiger partial charge >= 0.3 is 0 Å². The first-order valence-corrected chi connectivity index (χ1v) is 11.7. The van der Waals surface area contributed by atoms with Gasteiger partial charge in [-0.25, -0.2) is 4.98 Å². The lowest BCUT2D eigenvalue weighted by atomic mass is 9.86. The summed E-state index contributed by atoms with van der Waals surface area (Å²) in [6, 6.07) is 9.39. The number of rotatable bonds is 6. The van der Waals surface area contributed by atoms with Crippen LogP contribution in [0.1, 0.15) is 56.2 Å². The Bertz CT molecular complexity index is 972. The van der Waals surface area contributed by atoms with Gasteiger partial charge < -0.3 is 15.2 Å². The molecule has 172 valence electrons. The van der Waals surface area contributed by atoms with Gasteiger partial charge in [0.1, 0.15) is 11.9 Å². The minimum atomic E-state index is -0.647. The highest BCUT2D eigenvalue weighted by molar-refractivity contribution is 5.97. The first-order chi connectivity index (χ1) is 15.3. The van der Waals surface area contributed by atoms with Gasteiger partial charge in [0, 0.05) is 38.8 Å². The van der Waals surface area contributed by atoms with Crippen LogP contribution in [0.5, 0.6) is 0 Å². The molecule has 4 rings (SSSR count). The van der Waals surface area contributed by atoms with Crippen molar-refractivity contribution in [1.82, 2.24) is 25.1 Å². The van der Waals surface area contributed by atoms with Crippen LogP contribution in [0.25, 0.3) is 11.4 Å². The predicted octanol–water partition coefficient (Wildman–Crippen LogP) is 3.06. The first kappa shape index (κ1) is 22.5. The van der Waals surface area contributed by atoms with E-state index >= 15 is 0 Å². The van der Waals surface area contributed by atoms with Crippen molar-refractivity contribution < 1.29 is 9.59 Å². The van der Waals surface area contributed by atoms with Crippen LogP contribution in [0.2, 0.25) is 0 Å². The summed E-state index contributed by atoms with van der Waals surface area (Å²) in [6.07, 6.45) is 3.63. The van der Waals surface area contributed by atoms with Gasteiger partial charge in [0.25, 0.3) is 5.91 Å². The minimum absolute atomic E-state index is 0.199. The van der Waals surface area contributed by atoms with E-state index in [4.69, 9.17) is 4.98 Å². The molecule has 1 aliphatic carbocycles. The lowest BCUT2D eigenvalue weighted by Gasteiger charge is -2.29. The highest BCUT2D eigenvalue weighted by Gasteiger charge is 2.35. The summed E-state index contributed by atoms with van der Waals surface area (Å²) in [5, 5.41) is 5.66. The van der Waals surface area contributed by atoms with Crippen molar-refractivity contribution in [2.75, 3.05) is 20.1 Å². The summed E-state index contributed by atoms with van der Waals surface area (Å²) in [5.41, 5.74) is 1.96. The normalized spacial score (nSPS) is 17.9. The zero-order valence-corrected chi connectivity index (χ0v) is 19.6. The summed E-state index contributed by atoms with van der Waals surface area (Å²) in [6.45, 7) is 9.50. The van der Waals surface area contributed by atoms with Crippen LogP contribution in [-0.2, 0) is 17.9 Å². The van der Waals surface area contributed by atoms with E-state index < -0.39 is 11.5 Å². The molecule has 0 radical (unpaired) electrons. The quantitative estimate of drug-likeness (QED) is 0.728. The number of hydrogen-bond donors (Lipinski definition) is 2. The maximum absolute atomic E-state index is 13.5. The summed E-state index contributed by atoms with van der Waals surface area (Å²) in [7, 11) is 1.60. The third kappa shape index (κ3) is 4.88. The van der Waals surface area contributed by atoms with Gasteiger partial charge in [-0.2, -0.15) is 0 Å². The van der Waals surface area contributed by atoms with E-state index in [2.05, 4.69) is 20.1 Å². The molecule has 1 saturated carbocycles. The molecule has 1 aromatic carbocycles. The lowest BCUT2D eigenvalue weighted by molar-refractivity contribution is -0.124. The van der Waals surface area contributed by atoms with E-state index in [0.29, 0.717) is 12.2 Å². The second kappa shape index (κ2) is 9.06. The van der Waals surface area contributed by atoms with Gasteiger partial charge in [-0.05, 0) is 30.6 Å². The van der Waals surface area contributed by atoms with E-state index in [1.807, 2.05) is 51.1 Å². The Kier molecular flexibility index (Phi) is 6.38. The molecule has 0 spiro atoms. The van der Waals surface area contributed by atoms with Gasteiger partial charge in [0.05, 0.1) is 5.69 Å². The molecule has 0 saturated heterocycles. The van der Waals surface area contributed by atoms with Gasteiger partial charge in [-0.3, -0.25) is 14.5 Å². The SMILES string of the molecule is CNC(=O)C(NC(=O)c1nc(-c2ccccc2)n2c1CN(CC1CC1)CCC2)C(C)(C)C. The molecule has 2 aliphatic rings. The van der Waals surface area contributed by atoms with Gasteiger partial charge in [-0.1, -0.05) is 51.1 Å². The predicted molar refractivity (Wildman–Crippen MR) is 125 cm³/mol. The summed E-state index contributed by atoms with van der Waals surface area (Å²) >= 11 is 0. The topological polar surface area (TPSA) is 79.3 Å². The molecule has 1 fully saturated rings. The number of amides is 2. The number of benzene rings is 1. The van der Waals surface area contributed by atoms with Crippen LogP contribution in [0, 0.1) is 11.3 Å². The van der Waals surface area contributed by atoms with E-state index in [-0.39, 0.29) is 11.8 Å². The number of aromatic nitrogens is 2. The van der Waals surface area contributed by atoms with E-state index in [1.165, 1.54) is 12.8 Å². The second-order valence-electron chi connectivity index (χ2n) is 10.2. The fourth-order valence-corrected chi connectivity index (χ4v) is 4.46. The van der Waals surface area contributed by atoms with Gasteiger partial charge in [-0.15, -0.1) is 0 Å². The monoisotopic (exact) mass is 437 g/mol. The smallest absolute Gasteiger partial charge is 0.272 e. The maximum atomic E-state index is 13.5. The summed E-state index contributed by atoms with van der Waals surface area (Å²) in [4.78, 5) is 33.3. The van der Waals surface area contributed by atoms with Crippen molar-refractivity contribution >= 4 is 11.8 Å². The molecule has 2 N–H and O–H groups in total. The number of carbonyl (C=O) groups is 2. The molecule has 2 aromatic rings. The zero-order valence-electron chi connectivity index (χ0n) is 19.6. The third-order valence-corrected chi connectivity index (χ3v) is 6.41. The first-order valence-electron chi connectivity index (χ1n) is 11.7. The molecule has 1 atom stereocenters. The van der Waals surface area contributed by atoms with Crippen LogP contribution in [0.15, 0.2) is 30.3 Å². The van der Waals surface area contributed by atoms with E-state index in [1.54, 1.807) is 7.05 Å². The standard InChI is InChI=1S/C25H35N5O2/c1-25(2,3)21(24(32)26-4)28-23(31)20-19-16-29(15-17-11-12-17)13-8-14-30(19)22(27-20)18-9-6-5-7-10-18/h5-7,9-10,17,21H,8,11-16H2,1-4H3,(H,26,32)(H,28,31). The Morgan fingerprint density at radius 2 is 1.88 bits per heavy atom. The van der Waals surface area contributed by atoms with Crippen molar-refractivity contribution in [3.63, 3.8) is 0 Å². The number of carbonyl (C=O) groups excluding carboxylic acids is 2. The van der Waals surface area contributed by atoms with Crippen molar-refractivity contribution in [1.29, 1.82) is 0 Å². The number of nitrogens with zero attached hydrogens (tertiary/aromatic N) is 3. The average Bonchev–Trinajstić information content (AvgIpc) is 3.55. The molecular weight excluding hydrogens is 402 g/mol. The molecule has 7 heteroatoms. The number of likely N-dealkylation sites (N-methyl/N-ethyl adjacent to an activating group) is 1. The summed E-state index contributed by atoms with van der Waals surface area (Å²) < 4.78 is 2.21. The van der Waals surface area contributed by atoms with Crippen LogP contribution >= 0.6 is 0 Å². The van der Waals surface area contributed by atoms with Crippen molar-refractivity contribution in [2.45, 2.75) is 59.2 Å². The number of nitrogens with one attached hydrogen (secondary N) is 2. The Labute approximate surface area is 190 Å². The number of hydrogen-bond acceptors (Lipinski definition) is 4. The van der Waals surface area contributed by atoms with Crippen molar-refractivity contribution in [2.24, 2.45) is 11.3 Å². The zero-order chi connectivity index (χ0) is 22.9. The molecular formula is C25H35N5O2. The van der Waals surface area contributed by atoms with Crippen LogP contribution in [-0.4, -0.2) is 52.4 Å². The largest absolute Gasteiger partial charge is 0.357 e. The Balaban J connectivity index is 1.71. The Morgan fingerprint density at radius 3 is 2.50 bits per heavy atom. The molecule has 7 nitrogen and oxygen atoms in total. The minimum Gasteiger partial charge on any atom is -0.357 e. The molecule has 2 amide bonds. The van der Waals surface area contributed by atoms with Crippen molar-refractivity contribution in [3.05, 3.63) is 41.7 Å². The number of imidazole rings is 1. The second-order valence-corrected chi connectivity index (χ2v) is 10.2. The fourth-order valence-electron chi connectivity index (χ4n) is 4.46. The molecule has 2 heterocycles. The fraction of sp³-hybridized carbons (Fsp3) is 0.560. The Morgan fingerprint density at radius 1 is 1.16 bits per heavy atom. The summed E-state index contributed by atoms with van der Waals surface area (Å²) in [5.74, 6) is 1.13. The van der Waals surface area contributed by atoms with Gasteiger partial charge in [0.15, 0.2) is 5.69 Å². The average molecular weight is 438 g/mol. The van der Waals surface area contributed by atoms with E-state index in [0.717, 1.165) is 49.1 Å². The maximum Gasteiger partial charge on any atom is 0.272 e. The molecule has 1 unspecified atom stereocenters. The molecule has 32 heavy (non-hydrogen) atoms. The van der Waals surface area contributed by atoms with Crippen molar-refractivity contribution in [3.8, 4) is 11.4 Å². The number of fused-ring (bicyclic) bond motifs is 1. The van der Waals surface area contributed by atoms with Crippen LogP contribution < -0.4 is 10.6 Å². The van der Waals surface area contributed by atoms with Crippen LogP contribution in [0.4, 0.5) is 0 Å². The molecule has 1 aromatic heterocycles. The Hall–Kier alpha value is -2.67. The third-order valence-electron chi connectivity index (χ3n) is 6.41.